The zero-order valence-corrected chi connectivity index (χ0v) is 16.7. The Morgan fingerprint density at radius 2 is 1.89 bits per heavy atom. The fourth-order valence-electron chi connectivity index (χ4n) is 3.09. The van der Waals surface area contributed by atoms with Gasteiger partial charge >= 0.3 is 0 Å². The summed E-state index contributed by atoms with van der Waals surface area (Å²) in [5, 5.41) is 2.76. The van der Waals surface area contributed by atoms with Gasteiger partial charge in [0.1, 0.15) is 0 Å². The fraction of sp³-hybridized carbons (Fsp3) is 0.368. The minimum absolute atomic E-state index is 0.185. The number of hydrogen-bond donors (Lipinski definition) is 1. The van der Waals surface area contributed by atoms with Crippen molar-refractivity contribution in [3.8, 4) is 0 Å². The van der Waals surface area contributed by atoms with Crippen molar-refractivity contribution in [1.82, 2.24) is 9.21 Å². The average molecular weight is 405 g/mol. The number of aryl methyl sites for hydroxylation is 1. The summed E-state index contributed by atoms with van der Waals surface area (Å²) in [6.45, 7) is 3.32. The van der Waals surface area contributed by atoms with Crippen LogP contribution < -0.4 is 5.32 Å². The molecule has 2 heterocycles. The maximum Gasteiger partial charge on any atom is 0.291 e. The van der Waals surface area contributed by atoms with Gasteiger partial charge in [-0.3, -0.25) is 9.59 Å². The predicted molar refractivity (Wildman–Crippen MR) is 105 cm³/mol. The van der Waals surface area contributed by atoms with Crippen LogP contribution in [0.1, 0.15) is 32.9 Å². The van der Waals surface area contributed by atoms with Crippen molar-refractivity contribution in [2.45, 2.75) is 13.3 Å². The smallest absolute Gasteiger partial charge is 0.291 e. The number of furan rings is 1. The summed E-state index contributed by atoms with van der Waals surface area (Å²) in [5.41, 5.74) is 1.78. The molecule has 2 aromatic rings. The predicted octanol–water partition coefficient (Wildman–Crippen LogP) is 1.95. The van der Waals surface area contributed by atoms with Crippen LogP contribution in [0.4, 0.5) is 5.69 Å². The summed E-state index contributed by atoms with van der Waals surface area (Å²) in [6, 6.07) is 8.30. The van der Waals surface area contributed by atoms with Crippen molar-refractivity contribution < 1.29 is 22.4 Å². The van der Waals surface area contributed by atoms with E-state index in [0.717, 1.165) is 5.56 Å². The highest BCUT2D eigenvalue weighted by Crippen LogP contribution is 2.20. The van der Waals surface area contributed by atoms with Gasteiger partial charge in [-0.05, 0) is 43.2 Å². The molecule has 9 heteroatoms. The zero-order valence-electron chi connectivity index (χ0n) is 15.8. The van der Waals surface area contributed by atoms with Gasteiger partial charge in [-0.2, -0.15) is 0 Å². The summed E-state index contributed by atoms with van der Waals surface area (Å²) >= 11 is 0. The molecule has 1 aromatic carbocycles. The molecule has 1 N–H and O–H groups in total. The molecule has 1 saturated heterocycles. The first kappa shape index (κ1) is 20.1. The Labute approximate surface area is 164 Å². The third-order valence-corrected chi connectivity index (χ3v) is 5.99. The number of nitrogens with zero attached hydrogens (tertiary/aromatic N) is 2. The molecule has 1 aliphatic rings. The van der Waals surface area contributed by atoms with Crippen LogP contribution in [0.3, 0.4) is 0 Å². The standard InChI is InChI=1S/C19H23N3O5S/c1-14-6-7-15(13-16(14)20-18(23)17-5-3-12-27-17)19(24)21-8-4-9-22(11-10-21)28(2,25)26/h3,5-7,12-13H,4,8-11H2,1-2H3,(H,20,23). The van der Waals surface area contributed by atoms with E-state index in [-0.39, 0.29) is 18.2 Å². The van der Waals surface area contributed by atoms with Gasteiger partial charge in [0.25, 0.3) is 11.8 Å². The van der Waals surface area contributed by atoms with Gasteiger partial charge in [0.2, 0.25) is 10.0 Å². The van der Waals surface area contributed by atoms with Gasteiger partial charge in [-0.1, -0.05) is 6.07 Å². The SMILES string of the molecule is Cc1ccc(C(=O)N2CCCN(S(C)(=O)=O)CC2)cc1NC(=O)c1ccco1. The van der Waals surface area contributed by atoms with Crippen LogP contribution in [0.15, 0.2) is 41.0 Å². The molecule has 0 unspecified atom stereocenters. The van der Waals surface area contributed by atoms with Gasteiger partial charge in [-0.15, -0.1) is 0 Å². The van der Waals surface area contributed by atoms with E-state index in [0.29, 0.717) is 37.3 Å². The van der Waals surface area contributed by atoms with Crippen LogP contribution in [0.5, 0.6) is 0 Å². The van der Waals surface area contributed by atoms with Crippen LogP contribution in [-0.2, 0) is 10.0 Å². The number of nitrogens with one attached hydrogen (secondary N) is 1. The maximum absolute atomic E-state index is 12.9. The first-order valence-electron chi connectivity index (χ1n) is 8.95. The Morgan fingerprint density at radius 3 is 2.57 bits per heavy atom. The summed E-state index contributed by atoms with van der Waals surface area (Å²) < 4.78 is 30.0. The Balaban J connectivity index is 1.74. The van der Waals surface area contributed by atoms with Crippen molar-refractivity contribution >= 4 is 27.5 Å². The number of carbonyl (C=O) groups is 2. The number of hydrogen-bond acceptors (Lipinski definition) is 5. The van der Waals surface area contributed by atoms with Crippen LogP contribution in [0.25, 0.3) is 0 Å². The highest BCUT2D eigenvalue weighted by Gasteiger charge is 2.25. The third-order valence-electron chi connectivity index (χ3n) is 4.69. The minimum Gasteiger partial charge on any atom is -0.459 e. The van der Waals surface area contributed by atoms with Crippen molar-refractivity contribution in [2.24, 2.45) is 0 Å². The van der Waals surface area contributed by atoms with Crippen molar-refractivity contribution in [3.05, 3.63) is 53.5 Å². The second-order valence-corrected chi connectivity index (χ2v) is 8.75. The monoisotopic (exact) mass is 405 g/mol. The number of amides is 2. The molecular formula is C19H23N3O5S. The van der Waals surface area contributed by atoms with Crippen molar-refractivity contribution in [3.63, 3.8) is 0 Å². The van der Waals surface area contributed by atoms with E-state index in [1.807, 2.05) is 6.92 Å². The van der Waals surface area contributed by atoms with Crippen LogP contribution in [0, 0.1) is 6.92 Å². The second kappa shape index (κ2) is 8.15. The van der Waals surface area contributed by atoms with Gasteiger partial charge in [0, 0.05) is 37.4 Å². The number of benzene rings is 1. The zero-order chi connectivity index (χ0) is 20.3. The van der Waals surface area contributed by atoms with Gasteiger partial charge in [-0.25, -0.2) is 12.7 Å². The van der Waals surface area contributed by atoms with Crippen molar-refractivity contribution in [1.29, 1.82) is 0 Å². The minimum atomic E-state index is -3.27. The summed E-state index contributed by atoms with van der Waals surface area (Å²) in [7, 11) is -3.27. The number of carbonyl (C=O) groups excluding carboxylic acids is 2. The number of rotatable bonds is 4. The maximum atomic E-state index is 12.9. The lowest BCUT2D eigenvalue weighted by Crippen LogP contribution is -2.37. The summed E-state index contributed by atoms with van der Waals surface area (Å²) in [6.07, 6.45) is 3.17. The Morgan fingerprint density at radius 1 is 1.11 bits per heavy atom. The van der Waals surface area contributed by atoms with Gasteiger partial charge in [0.15, 0.2) is 5.76 Å². The second-order valence-electron chi connectivity index (χ2n) is 6.77. The van der Waals surface area contributed by atoms with E-state index < -0.39 is 15.9 Å². The molecule has 0 spiro atoms. The molecule has 150 valence electrons. The topological polar surface area (TPSA) is 99.9 Å². The molecular weight excluding hydrogens is 382 g/mol. The lowest BCUT2D eigenvalue weighted by Gasteiger charge is -2.21. The van der Waals surface area contributed by atoms with E-state index >= 15 is 0 Å². The van der Waals surface area contributed by atoms with Gasteiger partial charge < -0.3 is 14.6 Å². The van der Waals surface area contributed by atoms with Crippen LogP contribution >= 0.6 is 0 Å². The molecule has 2 amide bonds. The van der Waals surface area contributed by atoms with Gasteiger partial charge in [0.05, 0.1) is 12.5 Å². The fourth-order valence-corrected chi connectivity index (χ4v) is 3.97. The quantitative estimate of drug-likeness (QED) is 0.838. The summed E-state index contributed by atoms with van der Waals surface area (Å²) in [4.78, 5) is 26.8. The normalized spacial score (nSPS) is 15.9. The largest absolute Gasteiger partial charge is 0.459 e. The molecule has 0 radical (unpaired) electrons. The highest BCUT2D eigenvalue weighted by molar-refractivity contribution is 7.88. The Bertz CT molecular complexity index is 969. The molecule has 0 atom stereocenters. The lowest BCUT2D eigenvalue weighted by molar-refractivity contribution is 0.0764. The van der Waals surface area contributed by atoms with E-state index in [1.165, 1.54) is 16.8 Å². The first-order chi connectivity index (χ1) is 13.3. The van der Waals surface area contributed by atoms with E-state index in [1.54, 1.807) is 35.2 Å². The molecule has 3 rings (SSSR count). The average Bonchev–Trinajstić information content (AvgIpc) is 3.06. The number of sulfonamides is 1. The Kier molecular flexibility index (Phi) is 5.85. The van der Waals surface area contributed by atoms with Crippen LogP contribution in [-0.4, -0.2) is 61.9 Å². The molecule has 28 heavy (non-hydrogen) atoms. The Hall–Kier alpha value is -2.65. The number of anilines is 1. The summed E-state index contributed by atoms with van der Waals surface area (Å²) in [5.74, 6) is -0.398. The van der Waals surface area contributed by atoms with E-state index in [2.05, 4.69) is 5.32 Å². The van der Waals surface area contributed by atoms with Crippen LogP contribution in [0.2, 0.25) is 0 Å². The molecule has 8 nitrogen and oxygen atoms in total. The third kappa shape index (κ3) is 4.60. The first-order valence-corrected chi connectivity index (χ1v) is 10.8. The molecule has 1 fully saturated rings. The van der Waals surface area contributed by atoms with E-state index in [4.69, 9.17) is 4.42 Å². The molecule has 1 aliphatic heterocycles. The van der Waals surface area contributed by atoms with Crippen molar-refractivity contribution in [2.75, 3.05) is 37.8 Å². The molecule has 0 aliphatic carbocycles. The molecule has 0 bridgehead atoms. The molecule has 1 aromatic heterocycles. The lowest BCUT2D eigenvalue weighted by atomic mass is 10.1. The van der Waals surface area contributed by atoms with E-state index in [9.17, 15) is 18.0 Å². The molecule has 0 saturated carbocycles. The highest BCUT2D eigenvalue weighted by atomic mass is 32.2.